The van der Waals surface area contributed by atoms with E-state index in [9.17, 15) is 0 Å². The van der Waals surface area contributed by atoms with E-state index in [0.717, 1.165) is 11.1 Å². The quantitative estimate of drug-likeness (QED) is 0.458. The maximum Gasteiger partial charge on any atom is 0.0630 e. The molecule has 0 saturated carbocycles. The first-order valence-electron chi connectivity index (χ1n) is 4.47. The molecule has 0 aliphatic carbocycles. The summed E-state index contributed by atoms with van der Waals surface area (Å²) in [6.07, 6.45) is 9.01. The van der Waals surface area contributed by atoms with Crippen LogP contribution in [0.25, 0.3) is 0 Å². The van der Waals surface area contributed by atoms with E-state index in [1.165, 1.54) is 0 Å². The van der Waals surface area contributed by atoms with Crippen LogP contribution in [0.4, 0.5) is 0 Å². The third-order valence-electron chi connectivity index (χ3n) is 1.73. The molecule has 0 spiro atoms. The summed E-state index contributed by atoms with van der Waals surface area (Å²) in [7, 11) is 0. The summed E-state index contributed by atoms with van der Waals surface area (Å²) in [6, 6.07) is 0. The van der Waals surface area contributed by atoms with Gasteiger partial charge in [-0.1, -0.05) is 44.0 Å². The first-order chi connectivity index (χ1) is 6.65. The molecule has 0 aromatic heterocycles. The Morgan fingerprint density at radius 3 is 2.36 bits per heavy atom. The highest BCUT2D eigenvalue weighted by Gasteiger charge is 1.93. The molecule has 0 aliphatic rings. The molecule has 0 N–H and O–H groups in total. The van der Waals surface area contributed by atoms with Crippen molar-refractivity contribution in [2.75, 3.05) is 0 Å². The standard InChI is InChI=1S/C13H17N/c1-6-9-13(8-3)12(5)14-10-11(4)7-2/h6-10H,1,3,5H2,2,4H3/b11-7-,13-9+,14-10?. The average molecular weight is 187 g/mol. The van der Waals surface area contributed by atoms with Crippen LogP contribution in [0.15, 0.2) is 65.9 Å². The molecule has 0 amide bonds. The Kier molecular flexibility index (Phi) is 6.04. The van der Waals surface area contributed by atoms with E-state index < -0.39 is 0 Å². The Bertz CT molecular complexity index is 314. The molecule has 0 aliphatic heterocycles. The summed E-state index contributed by atoms with van der Waals surface area (Å²) >= 11 is 0. The molecule has 0 rings (SSSR count). The van der Waals surface area contributed by atoms with Crippen molar-refractivity contribution in [3.05, 3.63) is 60.9 Å². The van der Waals surface area contributed by atoms with Crippen LogP contribution in [-0.4, -0.2) is 6.21 Å². The van der Waals surface area contributed by atoms with Gasteiger partial charge in [0.1, 0.15) is 0 Å². The molecule has 0 fully saturated rings. The van der Waals surface area contributed by atoms with Crippen molar-refractivity contribution in [3.63, 3.8) is 0 Å². The lowest BCUT2D eigenvalue weighted by atomic mass is 10.2. The third kappa shape index (κ3) is 4.41. The zero-order valence-corrected chi connectivity index (χ0v) is 8.96. The Morgan fingerprint density at radius 2 is 1.93 bits per heavy atom. The average Bonchev–Trinajstić information content (AvgIpc) is 2.21. The highest BCUT2D eigenvalue weighted by Crippen LogP contribution is 2.10. The van der Waals surface area contributed by atoms with Gasteiger partial charge in [-0.15, -0.1) is 0 Å². The van der Waals surface area contributed by atoms with Gasteiger partial charge in [0, 0.05) is 6.21 Å². The van der Waals surface area contributed by atoms with Crippen LogP contribution in [-0.2, 0) is 0 Å². The van der Waals surface area contributed by atoms with E-state index >= 15 is 0 Å². The summed E-state index contributed by atoms with van der Waals surface area (Å²) in [5.41, 5.74) is 2.69. The molecule has 0 atom stereocenters. The third-order valence-corrected chi connectivity index (χ3v) is 1.73. The SMILES string of the molecule is C=C/C=C(\C=C)C(=C)N=C/C(C)=C\C. The minimum atomic E-state index is 0.695. The maximum atomic E-state index is 4.21. The fourth-order valence-corrected chi connectivity index (χ4v) is 0.738. The maximum absolute atomic E-state index is 4.21. The molecule has 0 aromatic carbocycles. The smallest absolute Gasteiger partial charge is 0.0630 e. The fourth-order valence-electron chi connectivity index (χ4n) is 0.738. The molecular formula is C13H17N. The van der Waals surface area contributed by atoms with Gasteiger partial charge in [0.05, 0.1) is 5.70 Å². The summed E-state index contributed by atoms with van der Waals surface area (Å²) in [4.78, 5) is 4.21. The number of nitrogens with zero attached hydrogens (tertiary/aromatic N) is 1. The summed E-state index contributed by atoms with van der Waals surface area (Å²) in [5, 5.41) is 0. The second-order valence-electron chi connectivity index (χ2n) is 2.80. The lowest BCUT2D eigenvalue weighted by Gasteiger charge is -1.98. The minimum Gasteiger partial charge on any atom is -0.257 e. The highest BCUT2D eigenvalue weighted by atomic mass is 14.7. The summed E-state index contributed by atoms with van der Waals surface area (Å²) < 4.78 is 0. The van der Waals surface area contributed by atoms with Crippen molar-refractivity contribution in [2.24, 2.45) is 4.99 Å². The monoisotopic (exact) mass is 187 g/mol. The predicted octanol–water partition coefficient (Wildman–Crippen LogP) is 3.84. The normalized spacial score (nSPS) is 13.0. The van der Waals surface area contributed by atoms with Gasteiger partial charge in [0.2, 0.25) is 0 Å². The summed E-state index contributed by atoms with van der Waals surface area (Å²) in [5.74, 6) is 0. The van der Waals surface area contributed by atoms with E-state index in [1.807, 2.05) is 26.0 Å². The first kappa shape index (κ1) is 12.4. The molecular weight excluding hydrogens is 170 g/mol. The Hall–Kier alpha value is -1.63. The van der Waals surface area contributed by atoms with Gasteiger partial charge in [0.15, 0.2) is 0 Å². The molecule has 0 radical (unpaired) electrons. The molecule has 0 aromatic rings. The lowest BCUT2D eigenvalue weighted by molar-refractivity contribution is 1.37. The summed E-state index contributed by atoms with van der Waals surface area (Å²) in [6.45, 7) is 15.1. The van der Waals surface area contributed by atoms with Gasteiger partial charge in [0.25, 0.3) is 0 Å². The zero-order chi connectivity index (χ0) is 11.0. The second-order valence-corrected chi connectivity index (χ2v) is 2.80. The highest BCUT2D eigenvalue weighted by molar-refractivity contribution is 5.78. The number of rotatable bonds is 5. The van der Waals surface area contributed by atoms with Crippen LogP contribution in [0, 0.1) is 0 Å². The number of hydrogen-bond acceptors (Lipinski definition) is 1. The van der Waals surface area contributed by atoms with Crippen molar-refractivity contribution < 1.29 is 0 Å². The molecule has 0 heterocycles. The van der Waals surface area contributed by atoms with Crippen LogP contribution in [0.1, 0.15) is 13.8 Å². The minimum absolute atomic E-state index is 0.695. The van der Waals surface area contributed by atoms with Crippen molar-refractivity contribution in [1.82, 2.24) is 0 Å². The van der Waals surface area contributed by atoms with Crippen LogP contribution in [0.2, 0.25) is 0 Å². The van der Waals surface area contributed by atoms with Gasteiger partial charge >= 0.3 is 0 Å². The van der Waals surface area contributed by atoms with E-state index in [1.54, 1.807) is 18.4 Å². The van der Waals surface area contributed by atoms with Gasteiger partial charge in [-0.05, 0) is 25.0 Å². The van der Waals surface area contributed by atoms with E-state index in [2.05, 4.69) is 24.7 Å². The zero-order valence-electron chi connectivity index (χ0n) is 8.96. The molecule has 74 valence electrons. The fraction of sp³-hybridized carbons (Fsp3) is 0.154. The first-order valence-corrected chi connectivity index (χ1v) is 4.47. The van der Waals surface area contributed by atoms with Crippen LogP contribution in [0.3, 0.4) is 0 Å². The van der Waals surface area contributed by atoms with Crippen molar-refractivity contribution in [1.29, 1.82) is 0 Å². The number of hydrogen-bond donors (Lipinski definition) is 0. The predicted molar refractivity (Wildman–Crippen MR) is 65.5 cm³/mol. The van der Waals surface area contributed by atoms with Gasteiger partial charge in [-0.3, -0.25) is 4.99 Å². The van der Waals surface area contributed by atoms with E-state index in [4.69, 9.17) is 0 Å². The van der Waals surface area contributed by atoms with Crippen molar-refractivity contribution in [3.8, 4) is 0 Å². The number of allylic oxidation sites excluding steroid dienone is 5. The Balaban J connectivity index is 4.63. The Morgan fingerprint density at radius 1 is 1.29 bits per heavy atom. The van der Waals surface area contributed by atoms with Crippen LogP contribution in [0.5, 0.6) is 0 Å². The topological polar surface area (TPSA) is 12.4 Å². The van der Waals surface area contributed by atoms with E-state index in [0.29, 0.717) is 5.70 Å². The van der Waals surface area contributed by atoms with Gasteiger partial charge < -0.3 is 0 Å². The molecule has 0 saturated heterocycles. The molecule has 0 unspecified atom stereocenters. The van der Waals surface area contributed by atoms with Gasteiger partial charge in [-0.2, -0.15) is 0 Å². The van der Waals surface area contributed by atoms with Gasteiger partial charge in [-0.25, -0.2) is 0 Å². The van der Waals surface area contributed by atoms with Crippen LogP contribution < -0.4 is 0 Å². The molecule has 0 bridgehead atoms. The molecule has 1 nitrogen and oxygen atoms in total. The van der Waals surface area contributed by atoms with Crippen LogP contribution >= 0.6 is 0 Å². The second kappa shape index (κ2) is 6.84. The van der Waals surface area contributed by atoms with Crippen molar-refractivity contribution >= 4 is 6.21 Å². The Labute approximate surface area is 86.6 Å². The molecule has 14 heavy (non-hydrogen) atoms. The largest absolute Gasteiger partial charge is 0.257 e. The number of aliphatic imine (C=N–C) groups is 1. The van der Waals surface area contributed by atoms with Crippen molar-refractivity contribution in [2.45, 2.75) is 13.8 Å². The lowest BCUT2D eigenvalue weighted by Crippen LogP contribution is -1.83. The molecule has 1 heteroatoms. The van der Waals surface area contributed by atoms with E-state index in [-0.39, 0.29) is 0 Å².